The maximum atomic E-state index is 9.14. The fourth-order valence-corrected chi connectivity index (χ4v) is 3.32. The van der Waals surface area contributed by atoms with Crippen molar-refractivity contribution in [1.29, 1.82) is 5.26 Å². The highest BCUT2D eigenvalue weighted by Crippen LogP contribution is 2.45. The van der Waals surface area contributed by atoms with Gasteiger partial charge in [-0.25, -0.2) is 0 Å². The third-order valence-corrected chi connectivity index (χ3v) is 5.05. The number of rotatable bonds is 7. The first kappa shape index (κ1) is 14.6. The lowest BCUT2D eigenvalue weighted by Gasteiger charge is -2.42. The lowest BCUT2D eigenvalue weighted by molar-refractivity contribution is 0.0807. The average molecular weight is 235 g/mol. The highest BCUT2D eigenvalue weighted by atomic mass is 14.4. The van der Waals surface area contributed by atoms with Crippen molar-refractivity contribution >= 4 is 0 Å². The van der Waals surface area contributed by atoms with Crippen LogP contribution in [0, 0.1) is 40.9 Å². The van der Waals surface area contributed by atoms with Crippen molar-refractivity contribution in [2.45, 2.75) is 66.2 Å². The standard InChI is InChI=1S/C16H29N/c1-5-7-8-14-9-16(10-14)13(4)12(3)15(6-2)11-17/h12-16H,5-10H2,1-4H3. The van der Waals surface area contributed by atoms with Gasteiger partial charge in [-0.1, -0.05) is 47.0 Å². The van der Waals surface area contributed by atoms with Crippen LogP contribution in [0.4, 0.5) is 0 Å². The SMILES string of the molecule is CCCCC1CC(C(C)C(C)C(C#N)CC)C1. The second-order valence-electron chi connectivity index (χ2n) is 6.10. The molecule has 17 heavy (non-hydrogen) atoms. The second-order valence-corrected chi connectivity index (χ2v) is 6.10. The summed E-state index contributed by atoms with van der Waals surface area (Å²) in [5.74, 6) is 3.46. The first-order valence-corrected chi connectivity index (χ1v) is 7.53. The van der Waals surface area contributed by atoms with Crippen LogP contribution in [0.2, 0.25) is 0 Å². The van der Waals surface area contributed by atoms with E-state index in [0.717, 1.165) is 24.2 Å². The summed E-state index contributed by atoms with van der Waals surface area (Å²) in [6.07, 6.45) is 8.02. The van der Waals surface area contributed by atoms with E-state index in [2.05, 4.69) is 33.8 Å². The van der Waals surface area contributed by atoms with Crippen molar-refractivity contribution in [2.75, 3.05) is 0 Å². The molecule has 0 heterocycles. The molecule has 0 aromatic heterocycles. The Balaban J connectivity index is 2.31. The molecule has 0 spiro atoms. The van der Waals surface area contributed by atoms with E-state index in [0.29, 0.717) is 5.92 Å². The van der Waals surface area contributed by atoms with Crippen LogP contribution < -0.4 is 0 Å². The topological polar surface area (TPSA) is 23.8 Å². The highest BCUT2D eigenvalue weighted by Gasteiger charge is 2.36. The van der Waals surface area contributed by atoms with Crippen molar-refractivity contribution in [3.8, 4) is 6.07 Å². The summed E-state index contributed by atoms with van der Waals surface area (Å²) in [5.41, 5.74) is 0. The molecule has 1 saturated carbocycles. The summed E-state index contributed by atoms with van der Waals surface area (Å²) in [6, 6.07) is 2.48. The first-order chi connectivity index (χ1) is 8.13. The molecule has 0 radical (unpaired) electrons. The molecule has 0 amide bonds. The second kappa shape index (κ2) is 7.04. The Hall–Kier alpha value is -0.510. The monoisotopic (exact) mass is 235 g/mol. The van der Waals surface area contributed by atoms with Gasteiger partial charge in [0.25, 0.3) is 0 Å². The van der Waals surface area contributed by atoms with Crippen LogP contribution in [0.15, 0.2) is 0 Å². The largest absolute Gasteiger partial charge is 0.198 e. The zero-order chi connectivity index (χ0) is 12.8. The van der Waals surface area contributed by atoms with Gasteiger partial charge >= 0.3 is 0 Å². The van der Waals surface area contributed by atoms with Gasteiger partial charge in [-0.3, -0.25) is 0 Å². The number of nitrogens with zero attached hydrogens (tertiary/aromatic N) is 1. The van der Waals surface area contributed by atoms with Crippen LogP contribution in [0.5, 0.6) is 0 Å². The molecule has 3 unspecified atom stereocenters. The van der Waals surface area contributed by atoms with Crippen molar-refractivity contribution in [3.63, 3.8) is 0 Å². The Labute approximate surface area is 108 Å². The van der Waals surface area contributed by atoms with Gasteiger partial charge in [0.05, 0.1) is 6.07 Å². The molecular formula is C16H29N. The van der Waals surface area contributed by atoms with Crippen LogP contribution in [-0.4, -0.2) is 0 Å². The molecule has 1 aliphatic rings. The Kier molecular flexibility index (Phi) is 6.03. The van der Waals surface area contributed by atoms with Crippen LogP contribution in [-0.2, 0) is 0 Å². The summed E-state index contributed by atoms with van der Waals surface area (Å²) in [7, 11) is 0. The van der Waals surface area contributed by atoms with E-state index in [-0.39, 0.29) is 5.92 Å². The van der Waals surface area contributed by atoms with Crippen molar-refractivity contribution < 1.29 is 0 Å². The third-order valence-electron chi connectivity index (χ3n) is 5.05. The van der Waals surface area contributed by atoms with Crippen LogP contribution in [0.1, 0.15) is 66.2 Å². The minimum atomic E-state index is 0.264. The molecular weight excluding hydrogens is 206 g/mol. The van der Waals surface area contributed by atoms with Gasteiger partial charge in [0.15, 0.2) is 0 Å². The summed E-state index contributed by atoms with van der Waals surface area (Å²) >= 11 is 0. The maximum absolute atomic E-state index is 9.14. The fourth-order valence-electron chi connectivity index (χ4n) is 3.32. The van der Waals surface area contributed by atoms with Crippen LogP contribution >= 0.6 is 0 Å². The van der Waals surface area contributed by atoms with Crippen LogP contribution in [0.25, 0.3) is 0 Å². The van der Waals surface area contributed by atoms with E-state index in [4.69, 9.17) is 5.26 Å². The van der Waals surface area contributed by atoms with Gasteiger partial charge in [-0.05, 0) is 42.9 Å². The average Bonchev–Trinajstić information content (AvgIpc) is 2.28. The first-order valence-electron chi connectivity index (χ1n) is 7.53. The molecule has 1 aliphatic carbocycles. The molecule has 1 fully saturated rings. The van der Waals surface area contributed by atoms with Gasteiger partial charge in [-0.2, -0.15) is 5.26 Å². The Morgan fingerprint density at radius 1 is 1.24 bits per heavy atom. The molecule has 3 atom stereocenters. The lowest BCUT2D eigenvalue weighted by atomic mass is 9.63. The molecule has 0 N–H and O–H groups in total. The number of unbranched alkanes of at least 4 members (excludes halogenated alkanes) is 1. The van der Waals surface area contributed by atoms with E-state index in [9.17, 15) is 0 Å². The zero-order valence-electron chi connectivity index (χ0n) is 12.1. The Morgan fingerprint density at radius 3 is 2.35 bits per heavy atom. The minimum Gasteiger partial charge on any atom is -0.198 e. The summed E-state index contributed by atoms with van der Waals surface area (Å²) in [4.78, 5) is 0. The van der Waals surface area contributed by atoms with Crippen molar-refractivity contribution in [1.82, 2.24) is 0 Å². The molecule has 0 aromatic carbocycles. The Bertz CT molecular complexity index is 247. The molecule has 1 nitrogen and oxygen atoms in total. The molecule has 98 valence electrons. The summed E-state index contributed by atoms with van der Waals surface area (Å²) < 4.78 is 0. The Morgan fingerprint density at radius 2 is 1.88 bits per heavy atom. The molecule has 0 saturated heterocycles. The van der Waals surface area contributed by atoms with Gasteiger partial charge in [0, 0.05) is 5.92 Å². The van der Waals surface area contributed by atoms with Gasteiger partial charge < -0.3 is 0 Å². The number of hydrogen-bond donors (Lipinski definition) is 0. The normalized spacial score (nSPS) is 28.9. The summed E-state index contributed by atoms with van der Waals surface area (Å²) in [5, 5.41) is 9.14. The van der Waals surface area contributed by atoms with E-state index in [1.165, 1.54) is 32.1 Å². The highest BCUT2D eigenvalue weighted by molar-refractivity contribution is 4.92. The zero-order valence-corrected chi connectivity index (χ0v) is 12.1. The van der Waals surface area contributed by atoms with Crippen LogP contribution in [0.3, 0.4) is 0 Å². The van der Waals surface area contributed by atoms with Gasteiger partial charge in [0.1, 0.15) is 0 Å². The number of hydrogen-bond acceptors (Lipinski definition) is 1. The molecule has 1 heteroatoms. The quantitative estimate of drug-likeness (QED) is 0.607. The predicted octanol–water partition coefficient (Wildman–Crippen LogP) is 5.02. The van der Waals surface area contributed by atoms with E-state index >= 15 is 0 Å². The minimum absolute atomic E-state index is 0.264. The van der Waals surface area contributed by atoms with Gasteiger partial charge in [-0.15, -0.1) is 0 Å². The fraction of sp³-hybridized carbons (Fsp3) is 0.938. The molecule has 1 rings (SSSR count). The van der Waals surface area contributed by atoms with E-state index in [1.807, 2.05) is 0 Å². The molecule has 0 aromatic rings. The van der Waals surface area contributed by atoms with Crippen molar-refractivity contribution in [2.24, 2.45) is 29.6 Å². The molecule has 0 bridgehead atoms. The lowest BCUT2D eigenvalue weighted by Crippen LogP contribution is -2.34. The van der Waals surface area contributed by atoms with Crippen molar-refractivity contribution in [3.05, 3.63) is 0 Å². The smallest absolute Gasteiger partial charge is 0.0658 e. The number of nitriles is 1. The van der Waals surface area contributed by atoms with Gasteiger partial charge in [0.2, 0.25) is 0 Å². The molecule has 0 aliphatic heterocycles. The maximum Gasteiger partial charge on any atom is 0.0658 e. The predicted molar refractivity (Wildman–Crippen MR) is 73.5 cm³/mol. The summed E-state index contributed by atoms with van der Waals surface area (Å²) in [6.45, 7) is 9.06. The van der Waals surface area contributed by atoms with E-state index in [1.54, 1.807) is 0 Å². The van der Waals surface area contributed by atoms with E-state index < -0.39 is 0 Å². The third kappa shape index (κ3) is 3.73.